The highest BCUT2D eigenvalue weighted by atomic mass is 19.1. The molecule has 0 heterocycles. The number of carboxylic acid groups (broad SMARTS) is 1. The summed E-state index contributed by atoms with van der Waals surface area (Å²) >= 11 is 0. The van der Waals surface area contributed by atoms with Gasteiger partial charge in [-0.15, -0.1) is 6.42 Å². The fourth-order valence-electron chi connectivity index (χ4n) is 1.70. The highest BCUT2D eigenvalue weighted by molar-refractivity contribution is 5.69. The van der Waals surface area contributed by atoms with Crippen molar-refractivity contribution in [1.29, 1.82) is 0 Å². The molecular formula is C14H16FNO2. The number of benzene rings is 1. The van der Waals surface area contributed by atoms with E-state index >= 15 is 0 Å². The van der Waals surface area contributed by atoms with Crippen LogP contribution in [0.1, 0.15) is 24.1 Å². The Morgan fingerprint density at radius 3 is 2.78 bits per heavy atom. The Balaban J connectivity index is 2.94. The molecule has 0 saturated carbocycles. The lowest BCUT2D eigenvalue weighted by molar-refractivity contribution is -0.138. The summed E-state index contributed by atoms with van der Waals surface area (Å²) in [5.41, 5.74) is 1.28. The van der Waals surface area contributed by atoms with Gasteiger partial charge in [-0.2, -0.15) is 0 Å². The van der Waals surface area contributed by atoms with E-state index in [9.17, 15) is 9.18 Å². The molecule has 0 radical (unpaired) electrons. The van der Waals surface area contributed by atoms with Crippen LogP contribution in [0, 0.1) is 25.1 Å². The van der Waals surface area contributed by atoms with E-state index in [1.165, 1.54) is 6.07 Å². The van der Waals surface area contributed by atoms with E-state index < -0.39 is 5.97 Å². The molecule has 1 N–H and O–H groups in total. The molecule has 1 aromatic rings. The predicted octanol–water partition coefficient (Wildman–Crippen LogP) is 2.21. The maximum absolute atomic E-state index is 13.5. The van der Waals surface area contributed by atoms with Gasteiger partial charge in [-0.3, -0.25) is 9.69 Å². The van der Waals surface area contributed by atoms with Crippen LogP contribution in [0.15, 0.2) is 18.2 Å². The third-order valence-electron chi connectivity index (χ3n) is 2.86. The lowest BCUT2D eigenvalue weighted by Crippen LogP contribution is -2.32. The summed E-state index contributed by atoms with van der Waals surface area (Å²) in [4.78, 5) is 12.4. The monoisotopic (exact) mass is 249 g/mol. The first-order valence-corrected chi connectivity index (χ1v) is 5.61. The van der Waals surface area contributed by atoms with Gasteiger partial charge in [0.2, 0.25) is 0 Å². The first kappa shape index (κ1) is 14.2. The van der Waals surface area contributed by atoms with E-state index in [4.69, 9.17) is 11.5 Å². The van der Waals surface area contributed by atoms with E-state index in [0.717, 1.165) is 5.56 Å². The summed E-state index contributed by atoms with van der Waals surface area (Å²) < 4.78 is 13.5. The Hall–Kier alpha value is -1.86. The molecular weight excluding hydrogens is 233 g/mol. The van der Waals surface area contributed by atoms with Gasteiger partial charge in [0.25, 0.3) is 0 Å². The van der Waals surface area contributed by atoms with E-state index in [-0.39, 0.29) is 24.9 Å². The number of carbonyl (C=O) groups is 1. The van der Waals surface area contributed by atoms with Gasteiger partial charge in [0, 0.05) is 6.04 Å². The van der Waals surface area contributed by atoms with Crippen molar-refractivity contribution in [2.24, 2.45) is 0 Å². The van der Waals surface area contributed by atoms with Gasteiger partial charge in [0.05, 0.1) is 13.1 Å². The number of aliphatic carboxylic acids is 1. The van der Waals surface area contributed by atoms with Crippen LogP contribution in [0.2, 0.25) is 0 Å². The minimum atomic E-state index is -0.954. The number of hydrogen-bond donors (Lipinski definition) is 1. The number of nitrogens with zero attached hydrogens (tertiary/aromatic N) is 1. The van der Waals surface area contributed by atoms with Gasteiger partial charge in [0.15, 0.2) is 0 Å². The van der Waals surface area contributed by atoms with Gasteiger partial charge in [-0.1, -0.05) is 18.1 Å². The molecule has 0 spiro atoms. The first-order chi connectivity index (χ1) is 8.45. The van der Waals surface area contributed by atoms with Crippen molar-refractivity contribution in [3.05, 3.63) is 35.1 Å². The topological polar surface area (TPSA) is 40.5 Å². The average Bonchev–Trinajstić information content (AvgIpc) is 2.31. The standard InChI is InChI=1S/C14H16FNO2/c1-4-7-16(9-14(17)18)11(3)12-6-5-10(2)13(15)8-12/h1,5-6,8,11H,7,9H2,2-3H3,(H,17,18). The van der Waals surface area contributed by atoms with Crippen LogP contribution in [0.25, 0.3) is 0 Å². The Labute approximate surface area is 106 Å². The second-order valence-corrected chi connectivity index (χ2v) is 4.19. The number of aryl methyl sites for hydroxylation is 1. The van der Waals surface area contributed by atoms with Crippen molar-refractivity contribution >= 4 is 5.97 Å². The highest BCUT2D eigenvalue weighted by Crippen LogP contribution is 2.21. The quantitative estimate of drug-likeness (QED) is 0.813. The summed E-state index contributed by atoms with van der Waals surface area (Å²) in [5, 5.41) is 8.82. The average molecular weight is 249 g/mol. The third-order valence-corrected chi connectivity index (χ3v) is 2.86. The maximum Gasteiger partial charge on any atom is 0.317 e. The van der Waals surface area contributed by atoms with Crippen molar-refractivity contribution in [1.82, 2.24) is 4.90 Å². The van der Waals surface area contributed by atoms with Crippen molar-refractivity contribution in [3.63, 3.8) is 0 Å². The molecule has 18 heavy (non-hydrogen) atoms. The normalized spacial score (nSPS) is 12.2. The molecule has 0 aliphatic carbocycles. The second kappa shape index (κ2) is 6.18. The van der Waals surface area contributed by atoms with Crippen molar-refractivity contribution < 1.29 is 14.3 Å². The summed E-state index contributed by atoms with van der Waals surface area (Å²) in [7, 11) is 0. The van der Waals surface area contributed by atoms with Crippen LogP contribution >= 0.6 is 0 Å². The van der Waals surface area contributed by atoms with Crippen LogP contribution in [-0.2, 0) is 4.79 Å². The number of rotatable bonds is 5. The molecule has 1 aromatic carbocycles. The Kier molecular flexibility index (Phi) is 4.87. The predicted molar refractivity (Wildman–Crippen MR) is 67.6 cm³/mol. The number of terminal acetylenes is 1. The Morgan fingerprint density at radius 1 is 1.61 bits per heavy atom. The maximum atomic E-state index is 13.5. The zero-order valence-corrected chi connectivity index (χ0v) is 10.5. The van der Waals surface area contributed by atoms with Crippen LogP contribution in [0.3, 0.4) is 0 Å². The Bertz CT molecular complexity index is 479. The van der Waals surface area contributed by atoms with Gasteiger partial charge >= 0.3 is 5.97 Å². The number of carboxylic acids is 1. The van der Waals surface area contributed by atoms with Crippen LogP contribution in [0.4, 0.5) is 4.39 Å². The lowest BCUT2D eigenvalue weighted by atomic mass is 10.0. The molecule has 4 heteroatoms. The zero-order chi connectivity index (χ0) is 13.7. The fourth-order valence-corrected chi connectivity index (χ4v) is 1.70. The summed E-state index contributed by atoms with van der Waals surface area (Å²) in [6.07, 6.45) is 5.22. The van der Waals surface area contributed by atoms with E-state index in [0.29, 0.717) is 5.56 Å². The van der Waals surface area contributed by atoms with Crippen LogP contribution < -0.4 is 0 Å². The lowest BCUT2D eigenvalue weighted by Gasteiger charge is -2.26. The largest absolute Gasteiger partial charge is 0.480 e. The van der Waals surface area contributed by atoms with E-state index in [2.05, 4.69) is 5.92 Å². The molecule has 3 nitrogen and oxygen atoms in total. The molecule has 1 unspecified atom stereocenters. The number of halogens is 1. The molecule has 96 valence electrons. The molecule has 0 fully saturated rings. The molecule has 0 saturated heterocycles. The molecule has 1 rings (SSSR count). The van der Waals surface area contributed by atoms with Crippen molar-refractivity contribution in [2.45, 2.75) is 19.9 Å². The van der Waals surface area contributed by atoms with Gasteiger partial charge in [-0.25, -0.2) is 4.39 Å². The molecule has 0 aliphatic heterocycles. The van der Waals surface area contributed by atoms with Crippen molar-refractivity contribution in [2.75, 3.05) is 13.1 Å². The van der Waals surface area contributed by atoms with Gasteiger partial charge in [-0.05, 0) is 31.0 Å². The summed E-state index contributed by atoms with van der Waals surface area (Å²) in [6.45, 7) is 3.54. The van der Waals surface area contributed by atoms with E-state index in [1.807, 2.05) is 6.92 Å². The molecule has 0 aromatic heterocycles. The summed E-state index contributed by atoms with van der Waals surface area (Å²) in [5.74, 6) is 1.17. The molecule has 0 aliphatic rings. The fraction of sp³-hybridized carbons (Fsp3) is 0.357. The third kappa shape index (κ3) is 3.57. The van der Waals surface area contributed by atoms with Crippen LogP contribution in [0.5, 0.6) is 0 Å². The van der Waals surface area contributed by atoms with E-state index in [1.54, 1.807) is 24.0 Å². The van der Waals surface area contributed by atoms with Crippen molar-refractivity contribution in [3.8, 4) is 12.3 Å². The first-order valence-electron chi connectivity index (χ1n) is 5.61. The smallest absolute Gasteiger partial charge is 0.317 e. The molecule has 0 bridgehead atoms. The summed E-state index contributed by atoms with van der Waals surface area (Å²) in [6, 6.07) is 4.64. The minimum absolute atomic E-state index is 0.166. The SMILES string of the molecule is C#CCN(CC(=O)O)C(C)c1ccc(C)c(F)c1. The van der Waals surface area contributed by atoms with Crippen LogP contribution in [-0.4, -0.2) is 29.1 Å². The minimum Gasteiger partial charge on any atom is -0.480 e. The highest BCUT2D eigenvalue weighted by Gasteiger charge is 2.18. The zero-order valence-electron chi connectivity index (χ0n) is 10.5. The second-order valence-electron chi connectivity index (χ2n) is 4.19. The Morgan fingerprint density at radius 2 is 2.28 bits per heavy atom. The number of hydrogen-bond acceptors (Lipinski definition) is 2. The molecule has 1 atom stereocenters. The van der Waals surface area contributed by atoms with Gasteiger partial charge in [0.1, 0.15) is 5.82 Å². The van der Waals surface area contributed by atoms with Gasteiger partial charge < -0.3 is 5.11 Å². The molecule has 0 amide bonds.